The van der Waals surface area contributed by atoms with Crippen LogP contribution in [0.5, 0.6) is 0 Å². The van der Waals surface area contributed by atoms with Crippen LogP contribution in [0.4, 0.5) is 0 Å². The predicted octanol–water partition coefficient (Wildman–Crippen LogP) is 1.63. The summed E-state index contributed by atoms with van der Waals surface area (Å²) < 4.78 is 0. The Morgan fingerprint density at radius 2 is 2.25 bits per heavy atom. The van der Waals surface area contributed by atoms with E-state index in [1.165, 1.54) is 19.4 Å². The molecule has 0 spiro atoms. The van der Waals surface area contributed by atoms with Gasteiger partial charge in [-0.2, -0.15) is 5.26 Å². The summed E-state index contributed by atoms with van der Waals surface area (Å²) >= 11 is 0. The van der Waals surface area contributed by atoms with Crippen LogP contribution in [0.1, 0.15) is 25.7 Å². The molecule has 0 amide bonds. The van der Waals surface area contributed by atoms with E-state index in [1.54, 1.807) is 0 Å². The van der Waals surface area contributed by atoms with Gasteiger partial charge in [0.2, 0.25) is 0 Å². The Hall–Kier alpha value is -0.550. The smallest absolute Gasteiger partial charge is 0.0693 e. The molecule has 66 valence electrons. The maximum absolute atomic E-state index is 9.11. The van der Waals surface area contributed by atoms with E-state index >= 15 is 0 Å². The highest BCUT2D eigenvalue weighted by Crippen LogP contribution is 2.49. The van der Waals surface area contributed by atoms with Crippen molar-refractivity contribution in [1.82, 2.24) is 4.90 Å². The molecule has 1 aliphatic carbocycles. The number of nitriles is 1. The Morgan fingerprint density at radius 3 is 2.58 bits per heavy atom. The van der Waals surface area contributed by atoms with Crippen molar-refractivity contribution in [3.8, 4) is 6.07 Å². The van der Waals surface area contributed by atoms with E-state index < -0.39 is 0 Å². The molecule has 2 aliphatic rings. The van der Waals surface area contributed by atoms with E-state index in [1.807, 2.05) is 0 Å². The third kappa shape index (κ3) is 1.04. The molecule has 2 heteroatoms. The molecule has 1 atom stereocenters. The fraction of sp³-hybridized carbons (Fsp3) is 0.900. The lowest BCUT2D eigenvalue weighted by Crippen LogP contribution is -2.37. The minimum atomic E-state index is 0.0881. The summed E-state index contributed by atoms with van der Waals surface area (Å²) in [6.07, 6.45) is 4.82. The SMILES string of the molecule is CN1CCC(C2(C#N)CCC2)C1. The van der Waals surface area contributed by atoms with Gasteiger partial charge in [0.15, 0.2) is 0 Å². The van der Waals surface area contributed by atoms with E-state index in [0.29, 0.717) is 5.92 Å². The van der Waals surface area contributed by atoms with Crippen molar-refractivity contribution in [3.05, 3.63) is 0 Å². The second-order valence-corrected chi connectivity index (χ2v) is 4.37. The van der Waals surface area contributed by atoms with Gasteiger partial charge in [-0.15, -0.1) is 0 Å². The fourth-order valence-corrected chi connectivity index (χ4v) is 2.56. The average molecular weight is 164 g/mol. The van der Waals surface area contributed by atoms with Gasteiger partial charge < -0.3 is 4.90 Å². The highest BCUT2D eigenvalue weighted by molar-refractivity contribution is 5.09. The van der Waals surface area contributed by atoms with Gasteiger partial charge in [0.25, 0.3) is 0 Å². The zero-order valence-electron chi connectivity index (χ0n) is 7.71. The summed E-state index contributed by atoms with van der Waals surface area (Å²) in [5.41, 5.74) is 0.0881. The first kappa shape index (κ1) is 8.07. The number of hydrogen-bond acceptors (Lipinski definition) is 2. The second-order valence-electron chi connectivity index (χ2n) is 4.37. The van der Waals surface area contributed by atoms with Crippen molar-refractivity contribution in [2.45, 2.75) is 25.7 Å². The summed E-state index contributed by atoms with van der Waals surface area (Å²) in [5.74, 6) is 0.668. The molecule has 12 heavy (non-hydrogen) atoms. The van der Waals surface area contributed by atoms with Gasteiger partial charge in [-0.3, -0.25) is 0 Å². The number of likely N-dealkylation sites (tertiary alicyclic amines) is 1. The van der Waals surface area contributed by atoms with Crippen LogP contribution in [0.3, 0.4) is 0 Å². The van der Waals surface area contributed by atoms with E-state index in [-0.39, 0.29) is 5.41 Å². The van der Waals surface area contributed by atoms with Crippen LogP contribution in [-0.2, 0) is 0 Å². The molecule has 0 aromatic heterocycles. The van der Waals surface area contributed by atoms with Crippen LogP contribution in [0.15, 0.2) is 0 Å². The molecule has 1 saturated heterocycles. The first-order valence-electron chi connectivity index (χ1n) is 4.87. The van der Waals surface area contributed by atoms with Crippen molar-refractivity contribution >= 4 is 0 Å². The average Bonchev–Trinajstić information content (AvgIpc) is 2.35. The lowest BCUT2D eigenvalue weighted by molar-refractivity contribution is 0.122. The quantitative estimate of drug-likeness (QED) is 0.589. The normalized spacial score (nSPS) is 34.2. The van der Waals surface area contributed by atoms with Gasteiger partial charge in [0.05, 0.1) is 11.5 Å². The van der Waals surface area contributed by atoms with Crippen LogP contribution >= 0.6 is 0 Å². The number of hydrogen-bond donors (Lipinski definition) is 0. The van der Waals surface area contributed by atoms with Gasteiger partial charge in [-0.05, 0) is 38.8 Å². The van der Waals surface area contributed by atoms with Crippen LogP contribution in [0.25, 0.3) is 0 Å². The lowest BCUT2D eigenvalue weighted by atomic mass is 9.62. The van der Waals surface area contributed by atoms with Crippen molar-refractivity contribution in [3.63, 3.8) is 0 Å². The monoisotopic (exact) mass is 164 g/mol. The van der Waals surface area contributed by atoms with E-state index in [9.17, 15) is 0 Å². The summed E-state index contributed by atoms with van der Waals surface area (Å²) in [7, 11) is 2.16. The fourth-order valence-electron chi connectivity index (χ4n) is 2.56. The van der Waals surface area contributed by atoms with Gasteiger partial charge in [0.1, 0.15) is 0 Å². The Labute approximate surface area is 74.2 Å². The summed E-state index contributed by atoms with van der Waals surface area (Å²) in [4.78, 5) is 2.35. The van der Waals surface area contributed by atoms with Crippen LogP contribution < -0.4 is 0 Å². The van der Waals surface area contributed by atoms with Crippen molar-refractivity contribution in [2.75, 3.05) is 20.1 Å². The maximum atomic E-state index is 9.11. The van der Waals surface area contributed by atoms with Crippen LogP contribution in [0, 0.1) is 22.7 Å². The molecule has 1 saturated carbocycles. The standard InChI is InChI=1S/C10H16N2/c1-12-6-3-9(7-12)10(8-11)4-2-5-10/h9H,2-7H2,1H3. The Bertz CT molecular complexity index is 212. The summed E-state index contributed by atoms with van der Waals surface area (Å²) in [6.45, 7) is 2.33. The van der Waals surface area contributed by atoms with Crippen LogP contribution in [0.2, 0.25) is 0 Å². The molecule has 2 nitrogen and oxygen atoms in total. The minimum Gasteiger partial charge on any atom is -0.306 e. The van der Waals surface area contributed by atoms with Crippen molar-refractivity contribution < 1.29 is 0 Å². The molecular weight excluding hydrogens is 148 g/mol. The number of rotatable bonds is 1. The van der Waals surface area contributed by atoms with E-state index in [2.05, 4.69) is 18.0 Å². The molecule has 0 N–H and O–H groups in total. The largest absolute Gasteiger partial charge is 0.306 e. The van der Waals surface area contributed by atoms with Crippen molar-refractivity contribution in [1.29, 1.82) is 5.26 Å². The predicted molar refractivity (Wildman–Crippen MR) is 47.5 cm³/mol. The molecule has 2 fully saturated rings. The minimum absolute atomic E-state index is 0.0881. The summed E-state index contributed by atoms with van der Waals surface area (Å²) in [5, 5.41) is 9.11. The second kappa shape index (κ2) is 2.74. The third-order valence-electron chi connectivity index (χ3n) is 3.64. The van der Waals surface area contributed by atoms with Gasteiger partial charge in [-0.25, -0.2) is 0 Å². The Balaban J connectivity index is 2.04. The zero-order valence-corrected chi connectivity index (χ0v) is 7.71. The topological polar surface area (TPSA) is 27.0 Å². The molecule has 1 heterocycles. The van der Waals surface area contributed by atoms with E-state index in [4.69, 9.17) is 5.26 Å². The van der Waals surface area contributed by atoms with Crippen molar-refractivity contribution in [2.24, 2.45) is 11.3 Å². The maximum Gasteiger partial charge on any atom is 0.0693 e. The molecular formula is C10H16N2. The molecule has 1 unspecified atom stereocenters. The first-order valence-corrected chi connectivity index (χ1v) is 4.87. The third-order valence-corrected chi connectivity index (χ3v) is 3.64. The first-order chi connectivity index (χ1) is 5.77. The highest BCUT2D eigenvalue weighted by atomic mass is 15.1. The molecule has 2 rings (SSSR count). The van der Waals surface area contributed by atoms with E-state index in [0.717, 1.165) is 19.4 Å². The molecule has 1 aliphatic heterocycles. The highest BCUT2D eigenvalue weighted by Gasteiger charge is 2.46. The lowest BCUT2D eigenvalue weighted by Gasteiger charge is -2.40. The van der Waals surface area contributed by atoms with Gasteiger partial charge in [0, 0.05) is 6.54 Å². The zero-order chi connectivity index (χ0) is 8.60. The molecule has 0 radical (unpaired) electrons. The number of nitrogens with zero attached hydrogens (tertiary/aromatic N) is 2. The Kier molecular flexibility index (Phi) is 1.84. The van der Waals surface area contributed by atoms with Crippen LogP contribution in [-0.4, -0.2) is 25.0 Å². The molecule has 0 bridgehead atoms. The van der Waals surface area contributed by atoms with Gasteiger partial charge in [-0.1, -0.05) is 6.42 Å². The summed E-state index contributed by atoms with van der Waals surface area (Å²) in [6, 6.07) is 2.55. The van der Waals surface area contributed by atoms with Gasteiger partial charge >= 0.3 is 0 Å². The molecule has 0 aromatic rings. The Morgan fingerprint density at radius 1 is 1.50 bits per heavy atom. The molecule has 0 aromatic carbocycles.